The minimum atomic E-state index is -0.989. The Balaban J connectivity index is 1.58. The maximum Gasteiger partial charge on any atom is 0.256 e. The summed E-state index contributed by atoms with van der Waals surface area (Å²) < 4.78 is 19.8. The number of nitrogens with zero attached hydrogens (tertiary/aromatic N) is 2. The van der Waals surface area contributed by atoms with Crippen molar-refractivity contribution in [1.82, 2.24) is 15.1 Å². The highest BCUT2D eigenvalue weighted by Crippen LogP contribution is 2.39. The molecule has 2 aromatic rings. The maximum absolute atomic E-state index is 13.8. The highest BCUT2D eigenvalue weighted by atomic mass is 19.1. The summed E-state index contributed by atoms with van der Waals surface area (Å²) in [6, 6.07) is 12.1. The molecule has 4 rings (SSSR count). The average Bonchev–Trinajstić information content (AvgIpc) is 3.22. The molecule has 2 atom stereocenters. The van der Waals surface area contributed by atoms with Crippen molar-refractivity contribution in [3.8, 4) is 0 Å². The number of likely N-dealkylation sites (tertiary alicyclic amines) is 1. The van der Waals surface area contributed by atoms with Crippen molar-refractivity contribution in [2.24, 2.45) is 0 Å². The van der Waals surface area contributed by atoms with Gasteiger partial charge in [-0.2, -0.15) is 0 Å². The van der Waals surface area contributed by atoms with Gasteiger partial charge >= 0.3 is 0 Å². The van der Waals surface area contributed by atoms with Gasteiger partial charge in [0.2, 0.25) is 5.91 Å². The number of ether oxygens (including phenoxy) is 1. The topological polar surface area (TPSA) is 79.0 Å². The van der Waals surface area contributed by atoms with Crippen molar-refractivity contribution in [3.05, 3.63) is 71.0 Å². The monoisotopic (exact) mass is 481 g/mol. The van der Waals surface area contributed by atoms with Crippen LogP contribution in [0, 0.1) is 12.7 Å². The molecular weight excluding hydrogens is 449 g/mol. The molecule has 2 heterocycles. The number of carbonyl (C=O) groups is 3. The van der Waals surface area contributed by atoms with Crippen LogP contribution in [0.2, 0.25) is 0 Å². The number of amides is 3. The van der Waals surface area contributed by atoms with Crippen molar-refractivity contribution >= 4 is 17.7 Å². The van der Waals surface area contributed by atoms with Gasteiger partial charge in [-0.05, 0) is 50.6 Å². The van der Waals surface area contributed by atoms with Crippen LogP contribution in [-0.2, 0) is 9.53 Å². The number of nitrogens with one attached hydrogen (secondary N) is 1. The standard InChI is InChI=1S/C27H32FN3O4/c1-4-19(3)29-24(32)23-17-35-27(31(23)26(34)20-8-5-7-18(2)15-20)11-13-30(14-12-27)25(33)21-9-6-10-22(28)16-21/h5-10,15-16,19,23H,4,11-14,17H2,1-3H3,(H,29,32)/t19-,23-/m0/s1. The number of rotatable bonds is 5. The second-order valence-corrected chi connectivity index (χ2v) is 9.44. The van der Waals surface area contributed by atoms with Gasteiger partial charge in [-0.25, -0.2) is 4.39 Å². The van der Waals surface area contributed by atoms with E-state index < -0.39 is 17.6 Å². The van der Waals surface area contributed by atoms with Crippen molar-refractivity contribution in [2.45, 2.75) is 57.8 Å². The number of piperidine rings is 1. The van der Waals surface area contributed by atoms with E-state index in [9.17, 15) is 18.8 Å². The van der Waals surface area contributed by atoms with Gasteiger partial charge in [0.05, 0.1) is 6.61 Å². The molecule has 2 fully saturated rings. The lowest BCUT2D eigenvalue weighted by Gasteiger charge is -2.44. The first-order chi connectivity index (χ1) is 16.7. The molecule has 1 N–H and O–H groups in total. The molecule has 35 heavy (non-hydrogen) atoms. The summed E-state index contributed by atoms with van der Waals surface area (Å²) in [6.07, 6.45) is 1.49. The Hall–Kier alpha value is -3.26. The van der Waals surface area contributed by atoms with Crippen LogP contribution in [0.5, 0.6) is 0 Å². The van der Waals surface area contributed by atoms with Gasteiger partial charge in [-0.1, -0.05) is 30.7 Å². The van der Waals surface area contributed by atoms with Crippen LogP contribution in [0.1, 0.15) is 59.4 Å². The zero-order valence-electron chi connectivity index (χ0n) is 20.4. The van der Waals surface area contributed by atoms with Crippen LogP contribution in [0.15, 0.2) is 48.5 Å². The molecule has 0 bridgehead atoms. The normalized spacial score (nSPS) is 20.1. The van der Waals surface area contributed by atoms with Crippen LogP contribution >= 0.6 is 0 Å². The van der Waals surface area contributed by atoms with Gasteiger partial charge in [0, 0.05) is 43.1 Å². The van der Waals surface area contributed by atoms with Crippen molar-refractivity contribution in [2.75, 3.05) is 19.7 Å². The molecule has 2 aromatic carbocycles. The molecule has 2 aliphatic rings. The molecule has 7 nitrogen and oxygen atoms in total. The van der Waals surface area contributed by atoms with E-state index in [1.165, 1.54) is 18.2 Å². The first kappa shape index (κ1) is 24.9. The third-order valence-corrected chi connectivity index (χ3v) is 6.95. The molecule has 8 heteroatoms. The van der Waals surface area contributed by atoms with E-state index in [2.05, 4.69) is 5.32 Å². The smallest absolute Gasteiger partial charge is 0.256 e. The van der Waals surface area contributed by atoms with E-state index in [1.54, 1.807) is 28.0 Å². The third-order valence-electron chi connectivity index (χ3n) is 6.95. The van der Waals surface area contributed by atoms with Crippen LogP contribution in [0.3, 0.4) is 0 Å². The fraction of sp³-hybridized carbons (Fsp3) is 0.444. The predicted octanol–water partition coefficient (Wildman–Crippen LogP) is 3.52. The fourth-order valence-corrected chi connectivity index (χ4v) is 4.79. The number of carbonyl (C=O) groups excluding carboxylic acids is 3. The molecule has 2 aliphatic heterocycles. The quantitative estimate of drug-likeness (QED) is 0.709. The molecule has 186 valence electrons. The van der Waals surface area contributed by atoms with E-state index in [0.29, 0.717) is 31.5 Å². The van der Waals surface area contributed by atoms with Crippen LogP contribution in [-0.4, -0.2) is 65.0 Å². The van der Waals surface area contributed by atoms with Crippen LogP contribution in [0.25, 0.3) is 0 Å². The summed E-state index contributed by atoms with van der Waals surface area (Å²) >= 11 is 0. The fourth-order valence-electron chi connectivity index (χ4n) is 4.79. The van der Waals surface area contributed by atoms with E-state index in [4.69, 9.17) is 4.74 Å². The summed E-state index contributed by atoms with van der Waals surface area (Å²) in [7, 11) is 0. The molecule has 0 unspecified atom stereocenters. The van der Waals surface area contributed by atoms with E-state index in [-0.39, 0.29) is 35.9 Å². The Morgan fingerprint density at radius 3 is 2.37 bits per heavy atom. The van der Waals surface area contributed by atoms with Gasteiger partial charge in [-0.3, -0.25) is 19.3 Å². The van der Waals surface area contributed by atoms with Gasteiger partial charge < -0.3 is 15.0 Å². The summed E-state index contributed by atoms with van der Waals surface area (Å²) in [5.41, 5.74) is 0.735. The molecular formula is C27H32FN3O4. The van der Waals surface area contributed by atoms with Gasteiger partial charge in [0.1, 0.15) is 17.6 Å². The van der Waals surface area contributed by atoms with Gasteiger partial charge in [-0.15, -0.1) is 0 Å². The second-order valence-electron chi connectivity index (χ2n) is 9.44. The Bertz CT molecular complexity index is 1110. The molecule has 0 saturated carbocycles. The molecule has 1 spiro atoms. The Labute approximate surface area is 205 Å². The first-order valence-corrected chi connectivity index (χ1v) is 12.1. The minimum Gasteiger partial charge on any atom is -0.353 e. The predicted molar refractivity (Wildman–Crippen MR) is 129 cm³/mol. The average molecular weight is 482 g/mol. The Morgan fingerprint density at radius 1 is 1.09 bits per heavy atom. The molecule has 2 saturated heterocycles. The Morgan fingerprint density at radius 2 is 1.74 bits per heavy atom. The summed E-state index contributed by atoms with van der Waals surface area (Å²) in [6.45, 7) is 6.57. The number of benzene rings is 2. The first-order valence-electron chi connectivity index (χ1n) is 12.1. The highest BCUT2D eigenvalue weighted by molar-refractivity contribution is 5.99. The van der Waals surface area contributed by atoms with E-state index >= 15 is 0 Å². The highest BCUT2D eigenvalue weighted by Gasteiger charge is 2.54. The van der Waals surface area contributed by atoms with Crippen LogP contribution < -0.4 is 5.32 Å². The summed E-state index contributed by atoms with van der Waals surface area (Å²) in [5.74, 6) is -1.23. The van der Waals surface area contributed by atoms with E-state index in [1.807, 2.05) is 32.9 Å². The van der Waals surface area contributed by atoms with Gasteiger partial charge in [0.25, 0.3) is 11.8 Å². The number of halogens is 1. The SMILES string of the molecule is CC[C@H](C)NC(=O)[C@@H]1COC2(CCN(C(=O)c3cccc(F)c3)CC2)N1C(=O)c1cccc(C)c1. The zero-order valence-corrected chi connectivity index (χ0v) is 20.4. The lowest BCUT2D eigenvalue weighted by molar-refractivity contribution is -0.128. The second kappa shape index (κ2) is 10.2. The summed E-state index contributed by atoms with van der Waals surface area (Å²) in [4.78, 5) is 43.1. The third kappa shape index (κ3) is 5.07. The molecule has 0 radical (unpaired) electrons. The Kier molecular flexibility index (Phi) is 7.21. The molecule has 3 amide bonds. The van der Waals surface area contributed by atoms with Crippen molar-refractivity contribution in [1.29, 1.82) is 0 Å². The number of aryl methyl sites for hydroxylation is 1. The van der Waals surface area contributed by atoms with Crippen molar-refractivity contribution in [3.63, 3.8) is 0 Å². The molecule has 0 aliphatic carbocycles. The molecule has 0 aromatic heterocycles. The minimum absolute atomic E-state index is 0.0271. The lowest BCUT2D eigenvalue weighted by atomic mass is 9.95. The number of hydrogen-bond acceptors (Lipinski definition) is 4. The van der Waals surface area contributed by atoms with E-state index in [0.717, 1.165) is 12.0 Å². The number of hydrogen-bond donors (Lipinski definition) is 1. The van der Waals surface area contributed by atoms with Crippen LogP contribution in [0.4, 0.5) is 4.39 Å². The lowest BCUT2D eigenvalue weighted by Crippen LogP contribution is -2.60. The maximum atomic E-state index is 13.8. The van der Waals surface area contributed by atoms with Crippen molar-refractivity contribution < 1.29 is 23.5 Å². The van der Waals surface area contributed by atoms with Gasteiger partial charge in [0.15, 0.2) is 0 Å². The summed E-state index contributed by atoms with van der Waals surface area (Å²) in [5, 5.41) is 2.98. The largest absolute Gasteiger partial charge is 0.353 e. The zero-order chi connectivity index (χ0) is 25.2.